The van der Waals surface area contributed by atoms with E-state index in [-0.39, 0.29) is 0 Å². The van der Waals surface area contributed by atoms with Crippen molar-refractivity contribution in [2.75, 3.05) is 6.61 Å². The third kappa shape index (κ3) is 3.46. The first-order valence-electron chi connectivity index (χ1n) is 6.61. The van der Waals surface area contributed by atoms with Gasteiger partial charge in [0.25, 0.3) is 0 Å². The summed E-state index contributed by atoms with van der Waals surface area (Å²) < 4.78 is 5.68. The SMILES string of the molecule is CCCCCC1OC1CC1CC1CCO. The molecule has 1 aliphatic carbocycles. The van der Waals surface area contributed by atoms with Crippen molar-refractivity contribution in [2.24, 2.45) is 11.8 Å². The van der Waals surface area contributed by atoms with Crippen LogP contribution in [0.1, 0.15) is 51.9 Å². The van der Waals surface area contributed by atoms with E-state index < -0.39 is 0 Å². The van der Waals surface area contributed by atoms with Crippen LogP contribution in [-0.2, 0) is 4.74 Å². The zero-order chi connectivity index (χ0) is 10.7. The quantitative estimate of drug-likeness (QED) is 0.495. The van der Waals surface area contributed by atoms with Crippen molar-refractivity contribution in [1.82, 2.24) is 0 Å². The van der Waals surface area contributed by atoms with Crippen molar-refractivity contribution >= 4 is 0 Å². The highest BCUT2D eigenvalue weighted by molar-refractivity contribution is 4.94. The molecule has 1 saturated heterocycles. The van der Waals surface area contributed by atoms with Crippen LogP contribution in [-0.4, -0.2) is 23.9 Å². The Balaban J connectivity index is 1.49. The van der Waals surface area contributed by atoms with Crippen LogP contribution in [0.25, 0.3) is 0 Å². The Morgan fingerprint density at radius 2 is 2.00 bits per heavy atom. The number of hydrogen-bond acceptors (Lipinski definition) is 2. The van der Waals surface area contributed by atoms with Gasteiger partial charge in [0.05, 0.1) is 12.2 Å². The van der Waals surface area contributed by atoms with Crippen LogP contribution < -0.4 is 0 Å². The van der Waals surface area contributed by atoms with Gasteiger partial charge in [0.1, 0.15) is 0 Å². The van der Waals surface area contributed by atoms with E-state index in [1.807, 2.05) is 0 Å². The molecule has 1 saturated carbocycles. The van der Waals surface area contributed by atoms with E-state index >= 15 is 0 Å². The number of hydrogen-bond donors (Lipinski definition) is 1. The average Bonchev–Trinajstić information content (AvgIpc) is 3.10. The number of aliphatic hydroxyl groups is 1. The van der Waals surface area contributed by atoms with Gasteiger partial charge >= 0.3 is 0 Å². The van der Waals surface area contributed by atoms with Crippen LogP contribution in [0.2, 0.25) is 0 Å². The lowest BCUT2D eigenvalue weighted by Crippen LogP contribution is -1.97. The molecule has 0 amide bonds. The van der Waals surface area contributed by atoms with Crippen LogP contribution >= 0.6 is 0 Å². The second kappa shape index (κ2) is 5.31. The summed E-state index contributed by atoms with van der Waals surface area (Å²) >= 11 is 0. The number of rotatable bonds is 8. The van der Waals surface area contributed by atoms with Crippen molar-refractivity contribution in [2.45, 2.75) is 64.1 Å². The molecule has 88 valence electrons. The Morgan fingerprint density at radius 1 is 1.13 bits per heavy atom. The Hall–Kier alpha value is -0.0800. The van der Waals surface area contributed by atoms with Gasteiger partial charge in [0.2, 0.25) is 0 Å². The van der Waals surface area contributed by atoms with Crippen molar-refractivity contribution in [3.63, 3.8) is 0 Å². The lowest BCUT2D eigenvalue weighted by molar-refractivity contribution is 0.274. The molecule has 0 aromatic carbocycles. The van der Waals surface area contributed by atoms with Gasteiger partial charge in [-0.15, -0.1) is 0 Å². The second-order valence-corrected chi connectivity index (χ2v) is 5.21. The predicted octanol–water partition coefficient (Wildman–Crippen LogP) is 2.74. The third-order valence-electron chi connectivity index (χ3n) is 3.88. The van der Waals surface area contributed by atoms with Gasteiger partial charge < -0.3 is 9.84 Å². The fraction of sp³-hybridized carbons (Fsp3) is 1.00. The number of aliphatic hydroxyl groups excluding tert-OH is 1. The zero-order valence-corrected chi connectivity index (χ0v) is 9.82. The van der Waals surface area contributed by atoms with Gasteiger partial charge in [-0.05, 0) is 37.5 Å². The topological polar surface area (TPSA) is 32.8 Å². The van der Waals surface area contributed by atoms with Gasteiger partial charge in [0.15, 0.2) is 0 Å². The maximum Gasteiger partial charge on any atom is 0.0844 e. The third-order valence-corrected chi connectivity index (χ3v) is 3.88. The van der Waals surface area contributed by atoms with E-state index in [4.69, 9.17) is 9.84 Å². The summed E-state index contributed by atoms with van der Waals surface area (Å²) in [6, 6.07) is 0. The minimum absolute atomic E-state index is 0.368. The molecule has 0 spiro atoms. The monoisotopic (exact) mass is 212 g/mol. The van der Waals surface area contributed by atoms with Crippen molar-refractivity contribution < 1.29 is 9.84 Å². The molecule has 2 nitrogen and oxygen atoms in total. The van der Waals surface area contributed by atoms with E-state index in [0.717, 1.165) is 18.3 Å². The summed E-state index contributed by atoms with van der Waals surface area (Å²) in [5.41, 5.74) is 0. The lowest BCUT2D eigenvalue weighted by atomic mass is 10.1. The number of unbranched alkanes of at least 4 members (excludes halogenated alkanes) is 2. The normalized spacial score (nSPS) is 38.0. The van der Waals surface area contributed by atoms with E-state index in [2.05, 4.69) is 6.92 Å². The molecule has 0 bridgehead atoms. The summed E-state index contributed by atoms with van der Waals surface area (Å²) in [6.07, 6.45) is 10.0. The highest BCUT2D eigenvalue weighted by atomic mass is 16.6. The van der Waals surface area contributed by atoms with Crippen LogP contribution in [0, 0.1) is 11.8 Å². The molecular formula is C13H24O2. The molecule has 1 heterocycles. The molecule has 0 aromatic heterocycles. The van der Waals surface area contributed by atoms with E-state index in [9.17, 15) is 0 Å². The molecular weight excluding hydrogens is 188 g/mol. The molecule has 1 N–H and O–H groups in total. The molecule has 4 atom stereocenters. The first kappa shape index (κ1) is 11.4. The highest BCUT2D eigenvalue weighted by Gasteiger charge is 2.45. The molecule has 2 aliphatic rings. The van der Waals surface area contributed by atoms with Crippen molar-refractivity contribution in [3.05, 3.63) is 0 Å². The molecule has 1 aliphatic heterocycles. The van der Waals surface area contributed by atoms with Crippen molar-refractivity contribution in [1.29, 1.82) is 0 Å². The Bertz CT molecular complexity index is 193. The summed E-state index contributed by atoms with van der Waals surface area (Å²) in [7, 11) is 0. The zero-order valence-electron chi connectivity index (χ0n) is 9.82. The van der Waals surface area contributed by atoms with E-state index in [0.29, 0.717) is 18.8 Å². The first-order valence-corrected chi connectivity index (χ1v) is 6.61. The number of epoxide rings is 1. The van der Waals surface area contributed by atoms with E-state index in [1.165, 1.54) is 38.5 Å². The predicted molar refractivity (Wildman–Crippen MR) is 60.7 cm³/mol. The van der Waals surface area contributed by atoms with Crippen LogP contribution in [0.5, 0.6) is 0 Å². The fourth-order valence-electron chi connectivity index (χ4n) is 2.65. The Kier molecular flexibility index (Phi) is 4.04. The molecule has 15 heavy (non-hydrogen) atoms. The molecule has 0 radical (unpaired) electrons. The van der Waals surface area contributed by atoms with Crippen LogP contribution in [0.4, 0.5) is 0 Å². The summed E-state index contributed by atoms with van der Waals surface area (Å²) in [4.78, 5) is 0. The second-order valence-electron chi connectivity index (χ2n) is 5.21. The van der Waals surface area contributed by atoms with E-state index in [1.54, 1.807) is 0 Å². The molecule has 2 heteroatoms. The van der Waals surface area contributed by atoms with Gasteiger partial charge in [-0.2, -0.15) is 0 Å². The number of ether oxygens (including phenoxy) is 1. The minimum Gasteiger partial charge on any atom is -0.396 e. The molecule has 2 fully saturated rings. The smallest absolute Gasteiger partial charge is 0.0844 e. The summed E-state index contributed by atoms with van der Waals surface area (Å²) in [6.45, 7) is 2.61. The van der Waals surface area contributed by atoms with Crippen LogP contribution in [0.3, 0.4) is 0 Å². The first-order chi connectivity index (χ1) is 7.35. The van der Waals surface area contributed by atoms with Crippen LogP contribution in [0.15, 0.2) is 0 Å². The largest absolute Gasteiger partial charge is 0.396 e. The summed E-state index contributed by atoms with van der Waals surface area (Å²) in [5.74, 6) is 1.69. The lowest BCUT2D eigenvalue weighted by Gasteiger charge is -1.96. The average molecular weight is 212 g/mol. The molecule has 2 rings (SSSR count). The van der Waals surface area contributed by atoms with Gasteiger partial charge in [-0.25, -0.2) is 0 Å². The van der Waals surface area contributed by atoms with Crippen molar-refractivity contribution in [3.8, 4) is 0 Å². The Morgan fingerprint density at radius 3 is 2.73 bits per heavy atom. The standard InChI is InChI=1S/C13H24O2/c1-2-3-4-5-12-13(15-12)9-11-8-10(11)6-7-14/h10-14H,2-9H2,1H3. The maximum atomic E-state index is 8.81. The van der Waals surface area contributed by atoms with Gasteiger partial charge in [-0.1, -0.05) is 26.2 Å². The highest BCUT2D eigenvalue weighted by Crippen LogP contribution is 2.48. The fourth-order valence-corrected chi connectivity index (χ4v) is 2.65. The molecule has 4 unspecified atom stereocenters. The van der Waals surface area contributed by atoms with Gasteiger partial charge in [-0.3, -0.25) is 0 Å². The minimum atomic E-state index is 0.368. The van der Waals surface area contributed by atoms with Gasteiger partial charge in [0, 0.05) is 6.61 Å². The summed E-state index contributed by atoms with van der Waals surface area (Å²) in [5, 5.41) is 8.81. The maximum absolute atomic E-state index is 8.81. The molecule has 0 aromatic rings. The Labute approximate surface area is 93.0 Å².